The van der Waals surface area contributed by atoms with Crippen molar-refractivity contribution >= 4 is 5.78 Å². The summed E-state index contributed by atoms with van der Waals surface area (Å²) in [6, 6.07) is 8.05. The molecule has 0 aliphatic carbocycles. The maximum Gasteiger partial charge on any atom is 0.162 e. The maximum atomic E-state index is 12.0. The van der Waals surface area contributed by atoms with Gasteiger partial charge in [0.25, 0.3) is 0 Å². The number of aryl methyl sites for hydroxylation is 1. The summed E-state index contributed by atoms with van der Waals surface area (Å²) in [7, 11) is 1.53. The van der Waals surface area contributed by atoms with Crippen molar-refractivity contribution in [2.75, 3.05) is 7.11 Å². The van der Waals surface area contributed by atoms with Crippen LogP contribution >= 0.6 is 0 Å². The predicted molar refractivity (Wildman–Crippen MR) is 95.4 cm³/mol. The van der Waals surface area contributed by atoms with E-state index in [1.54, 1.807) is 25.1 Å². The Hall–Kier alpha value is -2.79. The molecule has 2 rings (SSSR count). The summed E-state index contributed by atoms with van der Waals surface area (Å²) in [5.74, 6) is 1.42. The van der Waals surface area contributed by atoms with E-state index in [4.69, 9.17) is 9.47 Å². The zero-order valence-corrected chi connectivity index (χ0v) is 14.6. The lowest BCUT2D eigenvalue weighted by atomic mass is 9.99. The molecular weight excluding hydrogens is 320 g/mol. The molecule has 0 saturated heterocycles. The SMILES string of the molecule is C=C(C)C(=O)Cc1c(C)cc(Oc2cc(O)cc(CO)c2)cc1OC. The van der Waals surface area contributed by atoms with Crippen molar-refractivity contribution in [3.63, 3.8) is 0 Å². The van der Waals surface area contributed by atoms with Crippen LogP contribution in [0.5, 0.6) is 23.0 Å². The van der Waals surface area contributed by atoms with Crippen molar-refractivity contribution in [3.05, 3.63) is 59.2 Å². The van der Waals surface area contributed by atoms with E-state index < -0.39 is 0 Å². The molecule has 0 spiro atoms. The number of benzene rings is 2. The third-order valence-electron chi connectivity index (χ3n) is 3.81. The molecule has 0 heterocycles. The monoisotopic (exact) mass is 342 g/mol. The average molecular weight is 342 g/mol. The molecule has 0 aliphatic heterocycles. The molecule has 5 heteroatoms. The topological polar surface area (TPSA) is 76.0 Å². The highest BCUT2D eigenvalue weighted by atomic mass is 16.5. The number of aliphatic hydroxyl groups is 1. The Balaban J connectivity index is 2.34. The molecule has 25 heavy (non-hydrogen) atoms. The highest BCUT2D eigenvalue weighted by Gasteiger charge is 2.15. The van der Waals surface area contributed by atoms with Crippen molar-refractivity contribution in [2.24, 2.45) is 0 Å². The number of aromatic hydroxyl groups is 1. The molecule has 0 fully saturated rings. The smallest absolute Gasteiger partial charge is 0.162 e. The summed E-state index contributed by atoms with van der Waals surface area (Å²) in [6.07, 6.45) is 0.214. The number of aliphatic hydroxyl groups excluding tert-OH is 1. The number of rotatable bonds is 7. The third kappa shape index (κ3) is 4.61. The molecule has 0 amide bonds. The molecule has 0 aromatic heterocycles. The Morgan fingerprint density at radius 3 is 2.44 bits per heavy atom. The van der Waals surface area contributed by atoms with Gasteiger partial charge >= 0.3 is 0 Å². The van der Waals surface area contributed by atoms with Crippen LogP contribution in [0.4, 0.5) is 0 Å². The lowest BCUT2D eigenvalue weighted by Gasteiger charge is -2.15. The number of ketones is 1. The van der Waals surface area contributed by atoms with Crippen LogP contribution in [0.1, 0.15) is 23.6 Å². The average Bonchev–Trinajstić information content (AvgIpc) is 2.56. The highest BCUT2D eigenvalue weighted by molar-refractivity contribution is 5.96. The van der Waals surface area contributed by atoms with E-state index >= 15 is 0 Å². The standard InChI is InChI=1S/C20H22O5/c1-12(2)19(23)10-18-13(3)5-16(9-20(18)24-4)25-17-7-14(11-21)6-15(22)8-17/h5-9,21-22H,1,10-11H2,2-4H3. The Bertz CT molecular complexity index is 808. The number of hydrogen-bond donors (Lipinski definition) is 2. The van der Waals surface area contributed by atoms with Crippen LogP contribution < -0.4 is 9.47 Å². The first-order chi connectivity index (χ1) is 11.8. The van der Waals surface area contributed by atoms with Gasteiger partial charge in [0.1, 0.15) is 23.0 Å². The number of hydrogen-bond acceptors (Lipinski definition) is 5. The van der Waals surface area contributed by atoms with Gasteiger partial charge in [-0.3, -0.25) is 4.79 Å². The van der Waals surface area contributed by atoms with E-state index in [0.29, 0.717) is 28.4 Å². The molecule has 0 unspecified atom stereocenters. The summed E-state index contributed by atoms with van der Waals surface area (Å²) >= 11 is 0. The largest absolute Gasteiger partial charge is 0.508 e. The molecule has 5 nitrogen and oxygen atoms in total. The molecule has 2 aromatic carbocycles. The van der Waals surface area contributed by atoms with Gasteiger partial charge in [-0.1, -0.05) is 6.58 Å². The minimum Gasteiger partial charge on any atom is -0.508 e. The third-order valence-corrected chi connectivity index (χ3v) is 3.81. The summed E-state index contributed by atoms with van der Waals surface area (Å²) in [5, 5.41) is 18.9. The second-order valence-corrected chi connectivity index (χ2v) is 5.90. The van der Waals surface area contributed by atoms with Gasteiger partial charge in [0, 0.05) is 24.1 Å². The van der Waals surface area contributed by atoms with Gasteiger partial charge in [-0.2, -0.15) is 0 Å². The van der Waals surface area contributed by atoms with Crippen molar-refractivity contribution < 1.29 is 24.5 Å². The number of ether oxygens (including phenoxy) is 2. The minimum atomic E-state index is -0.199. The van der Waals surface area contributed by atoms with E-state index in [1.807, 2.05) is 6.92 Å². The van der Waals surface area contributed by atoms with Crippen LogP contribution in [0.25, 0.3) is 0 Å². The summed E-state index contributed by atoms with van der Waals surface area (Å²) < 4.78 is 11.2. The van der Waals surface area contributed by atoms with Gasteiger partial charge in [0.2, 0.25) is 0 Å². The zero-order chi connectivity index (χ0) is 18.6. The van der Waals surface area contributed by atoms with Crippen molar-refractivity contribution in [1.29, 1.82) is 0 Å². The van der Waals surface area contributed by atoms with Crippen LogP contribution in [0, 0.1) is 6.92 Å². The van der Waals surface area contributed by atoms with Gasteiger partial charge in [0.15, 0.2) is 5.78 Å². The molecule has 0 bridgehead atoms. The molecule has 0 saturated carbocycles. The molecule has 0 radical (unpaired) electrons. The van der Waals surface area contributed by atoms with Crippen LogP contribution in [0.3, 0.4) is 0 Å². The number of phenols is 1. The minimum absolute atomic E-state index is 0.00825. The lowest BCUT2D eigenvalue weighted by Crippen LogP contribution is -2.06. The van der Waals surface area contributed by atoms with Crippen LogP contribution in [0.15, 0.2) is 42.5 Å². The number of allylic oxidation sites excluding steroid dienone is 1. The normalized spacial score (nSPS) is 10.4. The first kappa shape index (κ1) is 18.5. The fraction of sp³-hybridized carbons (Fsp3) is 0.250. The van der Waals surface area contributed by atoms with E-state index in [-0.39, 0.29) is 24.6 Å². The van der Waals surface area contributed by atoms with Crippen molar-refractivity contribution in [2.45, 2.75) is 26.9 Å². The van der Waals surface area contributed by atoms with Gasteiger partial charge in [-0.25, -0.2) is 0 Å². The molecule has 0 atom stereocenters. The fourth-order valence-electron chi connectivity index (χ4n) is 2.46. The number of methoxy groups -OCH3 is 1. The fourth-order valence-corrected chi connectivity index (χ4v) is 2.46. The van der Waals surface area contributed by atoms with E-state index in [1.165, 1.54) is 19.2 Å². The van der Waals surface area contributed by atoms with E-state index in [0.717, 1.165) is 11.1 Å². The first-order valence-electron chi connectivity index (χ1n) is 7.82. The highest BCUT2D eigenvalue weighted by Crippen LogP contribution is 2.33. The Kier molecular flexibility index (Phi) is 5.83. The van der Waals surface area contributed by atoms with Crippen molar-refractivity contribution in [1.82, 2.24) is 0 Å². The van der Waals surface area contributed by atoms with Crippen LogP contribution in [0.2, 0.25) is 0 Å². The van der Waals surface area contributed by atoms with Gasteiger partial charge in [0.05, 0.1) is 13.7 Å². The summed E-state index contributed by atoms with van der Waals surface area (Å²) in [4.78, 5) is 12.0. The Morgan fingerprint density at radius 2 is 1.84 bits per heavy atom. The van der Waals surface area contributed by atoms with Crippen LogP contribution in [-0.4, -0.2) is 23.1 Å². The van der Waals surface area contributed by atoms with E-state index in [2.05, 4.69) is 6.58 Å². The number of Topliss-reactive ketones (excluding diaryl/α,β-unsaturated/α-hetero) is 1. The quantitative estimate of drug-likeness (QED) is 0.751. The first-order valence-corrected chi connectivity index (χ1v) is 7.82. The van der Waals surface area contributed by atoms with Gasteiger partial charge in [-0.05, 0) is 48.7 Å². The molecule has 0 aliphatic rings. The molecule has 2 aromatic rings. The molecule has 2 N–H and O–H groups in total. The maximum absolute atomic E-state index is 12.0. The van der Waals surface area contributed by atoms with Crippen LogP contribution in [-0.2, 0) is 17.8 Å². The second kappa shape index (κ2) is 7.85. The Morgan fingerprint density at radius 1 is 1.16 bits per heavy atom. The van der Waals surface area contributed by atoms with E-state index in [9.17, 15) is 15.0 Å². The van der Waals surface area contributed by atoms with Gasteiger partial charge < -0.3 is 19.7 Å². The number of carbonyl (C=O) groups excluding carboxylic acids is 1. The summed E-state index contributed by atoms with van der Waals surface area (Å²) in [6.45, 7) is 7.03. The lowest BCUT2D eigenvalue weighted by molar-refractivity contribution is -0.114. The Labute approximate surface area is 147 Å². The number of carbonyl (C=O) groups is 1. The molecule has 132 valence electrons. The van der Waals surface area contributed by atoms with Crippen molar-refractivity contribution in [3.8, 4) is 23.0 Å². The number of phenolic OH excluding ortho intramolecular Hbond substituents is 1. The predicted octanol–water partition coefficient (Wildman–Crippen LogP) is 3.68. The molecular formula is C20H22O5. The zero-order valence-electron chi connectivity index (χ0n) is 14.6. The van der Waals surface area contributed by atoms with Gasteiger partial charge in [-0.15, -0.1) is 0 Å². The second-order valence-electron chi connectivity index (χ2n) is 5.90. The summed E-state index contributed by atoms with van der Waals surface area (Å²) in [5.41, 5.74) is 2.68.